The minimum Gasteiger partial charge on any atom is -0.392 e. The molecular weight excluding hydrogens is 191 g/mol. The summed E-state index contributed by atoms with van der Waals surface area (Å²) < 4.78 is 0. The van der Waals surface area contributed by atoms with Crippen LogP contribution in [-0.4, -0.2) is 30.2 Å². The number of hydrogen-bond donors (Lipinski definition) is 1. The van der Waals surface area contributed by atoms with E-state index < -0.39 is 0 Å². The molecule has 0 aliphatic heterocycles. The highest BCUT2D eigenvalue weighted by Crippen LogP contribution is 2.43. The Labute approximate surface area is 90.0 Å². The number of aliphatic hydroxyl groups is 1. The van der Waals surface area contributed by atoms with Gasteiger partial charge in [-0.15, -0.1) is 7.92 Å². The molecule has 0 heterocycles. The van der Waals surface area contributed by atoms with E-state index in [1.807, 2.05) is 0 Å². The predicted octanol–water partition coefficient (Wildman–Crippen LogP) is 3.45. The number of rotatable bonds is 4. The van der Waals surface area contributed by atoms with Gasteiger partial charge in [-0.25, -0.2) is 0 Å². The van der Waals surface area contributed by atoms with Gasteiger partial charge in [0.2, 0.25) is 0 Å². The molecule has 0 saturated heterocycles. The molecule has 3 unspecified atom stereocenters. The Hall–Kier alpha value is 0.390. The van der Waals surface area contributed by atoms with E-state index in [1.165, 1.54) is 32.1 Å². The summed E-state index contributed by atoms with van der Waals surface area (Å²) in [6.45, 7) is 6.85. The molecule has 0 amide bonds. The second kappa shape index (κ2) is 6.08. The van der Waals surface area contributed by atoms with Crippen molar-refractivity contribution in [3.63, 3.8) is 0 Å². The maximum absolute atomic E-state index is 10.0. The summed E-state index contributed by atoms with van der Waals surface area (Å²) in [5.74, 6) is 0.816. The van der Waals surface area contributed by atoms with E-state index in [1.54, 1.807) is 0 Å². The summed E-state index contributed by atoms with van der Waals surface area (Å²) in [5.41, 5.74) is 0.628. The third-order valence-corrected chi connectivity index (χ3v) is 5.45. The smallest absolute Gasteiger partial charge is 0.0610 e. The van der Waals surface area contributed by atoms with E-state index in [2.05, 4.69) is 20.3 Å². The molecule has 2 heteroatoms. The molecule has 3 atom stereocenters. The highest BCUT2D eigenvalue weighted by Gasteiger charge is 2.30. The zero-order valence-corrected chi connectivity index (χ0v) is 10.8. The van der Waals surface area contributed by atoms with Crippen LogP contribution in [0.4, 0.5) is 0 Å². The van der Waals surface area contributed by atoms with Gasteiger partial charge in [-0.3, -0.25) is 0 Å². The predicted molar refractivity (Wildman–Crippen MR) is 65.4 cm³/mol. The van der Waals surface area contributed by atoms with E-state index >= 15 is 0 Å². The first-order chi connectivity index (χ1) is 6.65. The largest absolute Gasteiger partial charge is 0.392 e. The first-order valence-electron chi connectivity index (χ1n) is 5.99. The number of hydrogen-bond acceptors (Lipinski definition) is 1. The maximum atomic E-state index is 10.0. The number of aliphatic hydroxyl groups excluding tert-OH is 1. The second-order valence-electron chi connectivity index (χ2n) is 4.92. The molecule has 1 rings (SSSR count). The average molecular weight is 216 g/mol. The minimum absolute atomic E-state index is 0.00622. The molecule has 1 aliphatic carbocycles. The van der Waals surface area contributed by atoms with E-state index in [0.29, 0.717) is 5.66 Å². The standard InChI is InChI=1S/C12H25OP/c1-4-5-6-10-7-8-12(14(2)3)11(13)9-10/h10-13H,4-9H2,1-3H3. The molecule has 1 nitrogen and oxygen atoms in total. The van der Waals surface area contributed by atoms with Gasteiger partial charge in [-0.1, -0.05) is 26.2 Å². The molecule has 1 aliphatic rings. The van der Waals surface area contributed by atoms with Gasteiger partial charge in [0.1, 0.15) is 0 Å². The fourth-order valence-corrected chi connectivity index (χ4v) is 4.05. The topological polar surface area (TPSA) is 20.2 Å². The highest BCUT2D eigenvalue weighted by molar-refractivity contribution is 7.56. The van der Waals surface area contributed by atoms with Crippen molar-refractivity contribution in [1.82, 2.24) is 0 Å². The minimum atomic E-state index is 0.00622. The van der Waals surface area contributed by atoms with Gasteiger partial charge in [0, 0.05) is 5.66 Å². The lowest BCUT2D eigenvalue weighted by Crippen LogP contribution is -2.32. The van der Waals surface area contributed by atoms with E-state index in [0.717, 1.165) is 12.3 Å². The molecule has 0 radical (unpaired) electrons. The van der Waals surface area contributed by atoms with Crippen molar-refractivity contribution in [2.45, 2.75) is 57.2 Å². The normalized spacial score (nSPS) is 33.6. The van der Waals surface area contributed by atoms with Crippen LogP contribution in [0.1, 0.15) is 45.4 Å². The molecule has 84 valence electrons. The van der Waals surface area contributed by atoms with Crippen LogP contribution in [0.3, 0.4) is 0 Å². The van der Waals surface area contributed by atoms with Crippen LogP contribution in [0.5, 0.6) is 0 Å². The number of unbranched alkanes of at least 4 members (excludes halogenated alkanes) is 1. The zero-order chi connectivity index (χ0) is 10.6. The molecule has 1 saturated carbocycles. The Morgan fingerprint density at radius 2 is 2.00 bits per heavy atom. The van der Waals surface area contributed by atoms with Crippen LogP contribution < -0.4 is 0 Å². The molecular formula is C12H25OP. The first-order valence-corrected chi connectivity index (χ1v) is 8.30. The maximum Gasteiger partial charge on any atom is 0.0610 e. The summed E-state index contributed by atoms with van der Waals surface area (Å²) in [6, 6.07) is 0. The van der Waals surface area contributed by atoms with Gasteiger partial charge < -0.3 is 5.11 Å². The molecule has 0 aromatic heterocycles. The summed E-state index contributed by atoms with van der Waals surface area (Å²) in [7, 11) is 0.0601. The Bertz CT molecular complexity index is 158. The van der Waals surface area contributed by atoms with Crippen molar-refractivity contribution < 1.29 is 5.11 Å². The molecule has 0 aromatic rings. The monoisotopic (exact) mass is 216 g/mol. The van der Waals surface area contributed by atoms with Gasteiger partial charge in [0.25, 0.3) is 0 Å². The van der Waals surface area contributed by atoms with Crippen molar-refractivity contribution in [1.29, 1.82) is 0 Å². The van der Waals surface area contributed by atoms with Crippen LogP contribution in [0.15, 0.2) is 0 Å². The quantitative estimate of drug-likeness (QED) is 0.714. The van der Waals surface area contributed by atoms with E-state index in [9.17, 15) is 5.11 Å². The molecule has 1 fully saturated rings. The Kier molecular flexibility index (Phi) is 5.41. The van der Waals surface area contributed by atoms with Crippen molar-refractivity contribution in [2.24, 2.45) is 5.92 Å². The van der Waals surface area contributed by atoms with Crippen molar-refractivity contribution >= 4 is 7.92 Å². The Balaban J connectivity index is 2.31. The first kappa shape index (κ1) is 12.5. The summed E-state index contributed by atoms with van der Waals surface area (Å²) in [4.78, 5) is 0. The van der Waals surface area contributed by atoms with Crippen LogP contribution in [-0.2, 0) is 0 Å². The highest BCUT2D eigenvalue weighted by atomic mass is 31.1. The Morgan fingerprint density at radius 1 is 1.29 bits per heavy atom. The lowest BCUT2D eigenvalue weighted by atomic mass is 9.84. The SMILES string of the molecule is CCCCC1CCC(P(C)C)C(O)C1. The fraction of sp³-hybridized carbons (Fsp3) is 1.00. The molecule has 14 heavy (non-hydrogen) atoms. The van der Waals surface area contributed by atoms with Crippen molar-refractivity contribution in [2.75, 3.05) is 13.3 Å². The summed E-state index contributed by atoms with van der Waals surface area (Å²) >= 11 is 0. The second-order valence-corrected chi connectivity index (χ2v) is 7.51. The van der Waals surface area contributed by atoms with Gasteiger partial charge in [-0.2, -0.15) is 0 Å². The van der Waals surface area contributed by atoms with Crippen LogP contribution in [0.2, 0.25) is 0 Å². The molecule has 1 N–H and O–H groups in total. The Morgan fingerprint density at radius 3 is 2.50 bits per heavy atom. The van der Waals surface area contributed by atoms with E-state index in [-0.39, 0.29) is 14.0 Å². The third-order valence-electron chi connectivity index (χ3n) is 3.52. The molecule has 0 spiro atoms. The van der Waals surface area contributed by atoms with Gasteiger partial charge >= 0.3 is 0 Å². The molecule has 0 bridgehead atoms. The van der Waals surface area contributed by atoms with E-state index in [4.69, 9.17) is 0 Å². The lowest BCUT2D eigenvalue weighted by Gasteiger charge is -2.35. The summed E-state index contributed by atoms with van der Waals surface area (Å²) in [6.07, 6.45) is 7.69. The van der Waals surface area contributed by atoms with Crippen LogP contribution >= 0.6 is 7.92 Å². The van der Waals surface area contributed by atoms with Gasteiger partial charge in [-0.05, 0) is 38.5 Å². The average Bonchev–Trinajstić information content (AvgIpc) is 2.14. The zero-order valence-electron chi connectivity index (χ0n) is 9.87. The fourth-order valence-electron chi connectivity index (χ4n) is 2.57. The third kappa shape index (κ3) is 3.51. The van der Waals surface area contributed by atoms with Crippen molar-refractivity contribution in [3.8, 4) is 0 Å². The lowest BCUT2D eigenvalue weighted by molar-refractivity contribution is 0.102. The van der Waals surface area contributed by atoms with Crippen LogP contribution in [0.25, 0.3) is 0 Å². The summed E-state index contributed by atoms with van der Waals surface area (Å²) in [5, 5.41) is 10.0. The van der Waals surface area contributed by atoms with Gasteiger partial charge in [0.15, 0.2) is 0 Å². The van der Waals surface area contributed by atoms with Crippen molar-refractivity contribution in [3.05, 3.63) is 0 Å². The van der Waals surface area contributed by atoms with Crippen LogP contribution in [0, 0.1) is 5.92 Å². The molecule has 0 aromatic carbocycles. The van der Waals surface area contributed by atoms with Gasteiger partial charge in [0.05, 0.1) is 6.10 Å².